The van der Waals surface area contributed by atoms with Crippen molar-refractivity contribution in [2.75, 3.05) is 0 Å². The third-order valence-electron chi connectivity index (χ3n) is 3.34. The lowest BCUT2D eigenvalue weighted by Crippen LogP contribution is -2.38. The highest BCUT2D eigenvalue weighted by atomic mass is 19.2. The number of carbonyl (C=O) groups excluding carboxylic acids is 1. The molecule has 6 heteroatoms. The summed E-state index contributed by atoms with van der Waals surface area (Å²) >= 11 is 0. The Hall–Kier alpha value is -2.50. The number of pyridine rings is 1. The van der Waals surface area contributed by atoms with Crippen LogP contribution in [0.4, 0.5) is 13.6 Å². The molecule has 0 aliphatic heterocycles. The first-order chi connectivity index (χ1) is 10.5. The molecular weight excluding hydrogens is 288 g/mol. The van der Waals surface area contributed by atoms with Crippen molar-refractivity contribution in [2.45, 2.75) is 25.9 Å². The number of halogens is 2. The van der Waals surface area contributed by atoms with Gasteiger partial charge in [0, 0.05) is 12.4 Å². The number of urea groups is 1. The van der Waals surface area contributed by atoms with Gasteiger partial charge in [-0.2, -0.15) is 0 Å². The van der Waals surface area contributed by atoms with Crippen LogP contribution >= 0.6 is 0 Å². The van der Waals surface area contributed by atoms with Crippen LogP contribution in [0.25, 0.3) is 0 Å². The third kappa shape index (κ3) is 4.00. The summed E-state index contributed by atoms with van der Waals surface area (Å²) in [5.41, 5.74) is 1.41. The van der Waals surface area contributed by atoms with Gasteiger partial charge in [0.25, 0.3) is 0 Å². The van der Waals surface area contributed by atoms with E-state index in [2.05, 4.69) is 15.6 Å². The van der Waals surface area contributed by atoms with Crippen molar-refractivity contribution in [3.63, 3.8) is 0 Å². The zero-order chi connectivity index (χ0) is 16.1. The fourth-order valence-electron chi connectivity index (χ4n) is 2.04. The Morgan fingerprint density at radius 2 is 1.55 bits per heavy atom. The summed E-state index contributed by atoms with van der Waals surface area (Å²) in [6.45, 7) is 3.54. The summed E-state index contributed by atoms with van der Waals surface area (Å²) < 4.78 is 26.1. The van der Waals surface area contributed by atoms with Crippen LogP contribution in [0.1, 0.15) is 37.1 Å². The van der Waals surface area contributed by atoms with E-state index in [4.69, 9.17) is 0 Å². The van der Waals surface area contributed by atoms with E-state index in [9.17, 15) is 13.6 Å². The monoisotopic (exact) mass is 305 g/mol. The summed E-state index contributed by atoms with van der Waals surface area (Å²) in [5.74, 6) is -1.84. The predicted molar refractivity (Wildman–Crippen MR) is 79.1 cm³/mol. The van der Waals surface area contributed by atoms with E-state index in [-0.39, 0.29) is 12.1 Å². The van der Waals surface area contributed by atoms with E-state index >= 15 is 0 Å². The summed E-state index contributed by atoms with van der Waals surface area (Å²) in [5, 5.41) is 5.47. The van der Waals surface area contributed by atoms with Crippen molar-refractivity contribution in [2.24, 2.45) is 0 Å². The molecule has 0 radical (unpaired) electrons. The van der Waals surface area contributed by atoms with Gasteiger partial charge in [0.05, 0.1) is 12.1 Å². The van der Waals surface area contributed by atoms with E-state index in [0.29, 0.717) is 5.56 Å². The summed E-state index contributed by atoms with van der Waals surface area (Å²) in [6.07, 6.45) is 3.30. The molecule has 4 nitrogen and oxygen atoms in total. The maximum atomic E-state index is 13.2. The van der Waals surface area contributed by atoms with Crippen LogP contribution in [0.15, 0.2) is 42.7 Å². The largest absolute Gasteiger partial charge is 0.332 e. The number of aromatic nitrogens is 1. The number of benzene rings is 1. The quantitative estimate of drug-likeness (QED) is 0.908. The van der Waals surface area contributed by atoms with Gasteiger partial charge in [0.15, 0.2) is 11.6 Å². The smallest absolute Gasteiger partial charge is 0.315 e. The average molecular weight is 305 g/mol. The number of carbonyl (C=O) groups is 1. The lowest BCUT2D eigenvalue weighted by atomic mass is 10.1. The summed E-state index contributed by atoms with van der Waals surface area (Å²) in [6, 6.07) is 6.15. The average Bonchev–Trinajstić information content (AvgIpc) is 2.50. The lowest BCUT2D eigenvalue weighted by molar-refractivity contribution is 0.235. The van der Waals surface area contributed by atoms with Gasteiger partial charge in [-0.3, -0.25) is 4.98 Å². The molecule has 2 amide bonds. The van der Waals surface area contributed by atoms with Crippen LogP contribution in [0.2, 0.25) is 0 Å². The molecule has 0 spiro atoms. The van der Waals surface area contributed by atoms with Crippen molar-refractivity contribution in [3.8, 4) is 0 Å². The highest BCUT2D eigenvalue weighted by molar-refractivity contribution is 5.74. The minimum Gasteiger partial charge on any atom is -0.332 e. The van der Waals surface area contributed by atoms with Gasteiger partial charge in [-0.25, -0.2) is 13.6 Å². The van der Waals surface area contributed by atoms with Gasteiger partial charge >= 0.3 is 6.03 Å². The Labute approximate surface area is 127 Å². The second-order valence-electron chi connectivity index (χ2n) is 5.02. The zero-order valence-corrected chi connectivity index (χ0v) is 12.3. The predicted octanol–water partition coefficient (Wildman–Crippen LogP) is 3.48. The molecule has 0 bridgehead atoms. The maximum Gasteiger partial charge on any atom is 0.315 e. The fourth-order valence-corrected chi connectivity index (χ4v) is 2.04. The number of amides is 2. The second-order valence-corrected chi connectivity index (χ2v) is 5.02. The van der Waals surface area contributed by atoms with Crippen molar-refractivity contribution >= 4 is 6.03 Å². The molecule has 0 saturated heterocycles. The second kappa shape index (κ2) is 6.98. The summed E-state index contributed by atoms with van der Waals surface area (Å²) in [4.78, 5) is 15.9. The van der Waals surface area contributed by atoms with Crippen LogP contribution in [-0.2, 0) is 0 Å². The third-order valence-corrected chi connectivity index (χ3v) is 3.34. The van der Waals surface area contributed by atoms with Gasteiger partial charge in [-0.1, -0.05) is 6.07 Å². The minimum absolute atomic E-state index is 0.194. The molecule has 1 aromatic carbocycles. The zero-order valence-electron chi connectivity index (χ0n) is 12.3. The van der Waals surface area contributed by atoms with Crippen molar-refractivity contribution < 1.29 is 13.6 Å². The molecule has 2 atom stereocenters. The Balaban J connectivity index is 1.95. The van der Waals surface area contributed by atoms with Crippen LogP contribution in [-0.4, -0.2) is 11.0 Å². The first-order valence-corrected chi connectivity index (χ1v) is 6.89. The van der Waals surface area contributed by atoms with Crippen LogP contribution in [0, 0.1) is 11.6 Å². The van der Waals surface area contributed by atoms with Crippen molar-refractivity contribution in [3.05, 3.63) is 65.5 Å². The molecular formula is C16H17F2N3O. The molecule has 116 valence electrons. The molecule has 2 N–H and O–H groups in total. The number of nitrogens with one attached hydrogen (secondary N) is 2. The number of rotatable bonds is 4. The molecule has 0 aliphatic rings. The fraction of sp³-hybridized carbons (Fsp3) is 0.250. The van der Waals surface area contributed by atoms with Gasteiger partial charge in [-0.15, -0.1) is 0 Å². The van der Waals surface area contributed by atoms with Gasteiger partial charge in [0.2, 0.25) is 0 Å². The molecule has 0 aliphatic carbocycles. The standard InChI is InChI=1S/C16H17F2N3O/c1-10(12-5-7-19-8-6-12)20-16(22)21-11(2)13-3-4-14(17)15(18)9-13/h3-11H,1-2H3,(H2,20,21,22). The van der Waals surface area contributed by atoms with Crippen LogP contribution < -0.4 is 10.6 Å². The highest BCUT2D eigenvalue weighted by Gasteiger charge is 2.14. The molecule has 2 aromatic rings. The van der Waals surface area contributed by atoms with Crippen LogP contribution in [0.5, 0.6) is 0 Å². The lowest BCUT2D eigenvalue weighted by Gasteiger charge is -2.18. The number of nitrogens with zero attached hydrogens (tertiary/aromatic N) is 1. The topological polar surface area (TPSA) is 54.0 Å². The Morgan fingerprint density at radius 3 is 2.14 bits per heavy atom. The van der Waals surface area contributed by atoms with Crippen molar-refractivity contribution in [1.82, 2.24) is 15.6 Å². The Morgan fingerprint density at radius 1 is 0.955 bits per heavy atom. The molecule has 2 unspecified atom stereocenters. The maximum absolute atomic E-state index is 13.2. The number of hydrogen-bond acceptors (Lipinski definition) is 2. The minimum atomic E-state index is -0.934. The van der Waals surface area contributed by atoms with Crippen LogP contribution in [0.3, 0.4) is 0 Å². The first-order valence-electron chi connectivity index (χ1n) is 6.89. The van der Waals surface area contributed by atoms with Gasteiger partial charge < -0.3 is 10.6 Å². The van der Waals surface area contributed by atoms with Gasteiger partial charge in [0.1, 0.15) is 0 Å². The van der Waals surface area contributed by atoms with E-state index in [1.165, 1.54) is 6.07 Å². The van der Waals surface area contributed by atoms with Crippen molar-refractivity contribution in [1.29, 1.82) is 0 Å². The first kappa shape index (κ1) is 15.9. The normalized spacial score (nSPS) is 13.3. The molecule has 0 saturated carbocycles. The van der Waals surface area contributed by atoms with E-state index < -0.39 is 17.7 Å². The molecule has 2 rings (SSSR count). The van der Waals surface area contributed by atoms with Gasteiger partial charge in [-0.05, 0) is 49.2 Å². The number of hydrogen-bond donors (Lipinski definition) is 2. The van der Waals surface area contributed by atoms with E-state index in [0.717, 1.165) is 17.7 Å². The van der Waals surface area contributed by atoms with E-state index in [1.807, 2.05) is 19.1 Å². The molecule has 1 heterocycles. The molecule has 22 heavy (non-hydrogen) atoms. The Bertz CT molecular complexity index is 649. The SMILES string of the molecule is CC(NC(=O)NC(C)c1ccc(F)c(F)c1)c1ccncc1. The summed E-state index contributed by atoms with van der Waals surface area (Å²) in [7, 11) is 0. The van der Waals surface area contributed by atoms with E-state index in [1.54, 1.807) is 19.3 Å². The molecule has 0 fully saturated rings. The molecule has 1 aromatic heterocycles. The highest BCUT2D eigenvalue weighted by Crippen LogP contribution is 2.16. The Kier molecular flexibility index (Phi) is 5.04.